The van der Waals surface area contributed by atoms with Gasteiger partial charge in [0.15, 0.2) is 35.2 Å². The molecule has 6 unspecified atom stereocenters. The molecule has 0 spiro atoms. The minimum atomic E-state index is -0.336. The molecule has 46 heavy (non-hydrogen) atoms. The van der Waals surface area contributed by atoms with E-state index in [9.17, 15) is 0 Å². The third-order valence-electron chi connectivity index (χ3n) is 8.30. The Kier molecular flexibility index (Phi) is 11.1. The topological polar surface area (TPSA) is 79.4 Å². The Labute approximate surface area is 271 Å². The summed E-state index contributed by atoms with van der Waals surface area (Å²) < 4.78 is 38.4. The molecule has 2 N–H and O–H groups in total. The zero-order valence-corrected chi connectivity index (χ0v) is 26.5. The van der Waals surface area contributed by atoms with E-state index in [0.717, 1.165) is 22.6 Å². The van der Waals surface area contributed by atoms with E-state index < -0.39 is 0 Å². The van der Waals surface area contributed by atoms with Crippen molar-refractivity contribution in [3.63, 3.8) is 0 Å². The molecule has 4 aromatic carbocycles. The van der Waals surface area contributed by atoms with Crippen LogP contribution in [0, 0.1) is 0 Å². The molecule has 0 radical (unpaired) electrons. The van der Waals surface area contributed by atoms with Gasteiger partial charge in [0.25, 0.3) is 0 Å². The van der Waals surface area contributed by atoms with Crippen molar-refractivity contribution in [2.24, 2.45) is 0 Å². The maximum atomic E-state index is 6.81. The van der Waals surface area contributed by atoms with E-state index in [4.69, 9.17) is 28.4 Å². The van der Waals surface area contributed by atoms with Gasteiger partial charge in [-0.3, -0.25) is 0 Å². The van der Waals surface area contributed by atoms with E-state index in [1.807, 2.05) is 98.8 Å². The van der Waals surface area contributed by atoms with Crippen molar-refractivity contribution in [2.75, 3.05) is 39.5 Å². The Hall–Kier alpha value is -4.08. The lowest BCUT2D eigenvalue weighted by atomic mass is 9.99. The number of para-hydroxylation sites is 4. The summed E-state index contributed by atoms with van der Waals surface area (Å²) in [5.74, 6) is 2.84. The number of morpholine rings is 2. The summed E-state index contributed by atoms with van der Waals surface area (Å²) in [6, 6.07) is 36.0. The zero-order chi connectivity index (χ0) is 31.6. The van der Waals surface area contributed by atoms with Crippen LogP contribution >= 0.6 is 0 Å². The molecule has 0 aliphatic carbocycles. The van der Waals surface area contributed by atoms with E-state index in [0.29, 0.717) is 51.0 Å². The van der Waals surface area contributed by atoms with Crippen molar-refractivity contribution < 1.29 is 28.4 Å². The Morgan fingerprint density at radius 3 is 1.61 bits per heavy atom. The van der Waals surface area contributed by atoms with Gasteiger partial charge in [0.1, 0.15) is 12.2 Å². The van der Waals surface area contributed by atoms with Gasteiger partial charge in [-0.1, -0.05) is 84.9 Å². The van der Waals surface area contributed by atoms with Gasteiger partial charge in [0.05, 0.1) is 32.0 Å². The monoisotopic (exact) mass is 624 g/mol. The largest absolute Gasteiger partial charge is 0.490 e. The van der Waals surface area contributed by atoms with Crippen molar-refractivity contribution in [2.45, 2.75) is 50.4 Å². The van der Waals surface area contributed by atoms with Crippen LogP contribution in [0.4, 0.5) is 0 Å². The normalized spacial score (nSPS) is 22.7. The van der Waals surface area contributed by atoms with Crippen LogP contribution in [0.1, 0.15) is 37.2 Å². The van der Waals surface area contributed by atoms with Gasteiger partial charge in [-0.25, -0.2) is 0 Å². The lowest BCUT2D eigenvalue weighted by Gasteiger charge is -2.42. The van der Waals surface area contributed by atoms with E-state index in [1.54, 1.807) is 0 Å². The number of benzene rings is 4. The van der Waals surface area contributed by atoms with E-state index >= 15 is 0 Å². The molecular weight excluding hydrogens is 580 g/mol. The summed E-state index contributed by atoms with van der Waals surface area (Å²) in [6.45, 7) is 7.52. The van der Waals surface area contributed by atoms with Crippen LogP contribution in [0.25, 0.3) is 0 Å². The molecule has 2 saturated heterocycles. The average molecular weight is 625 g/mol. The minimum absolute atomic E-state index is 0.00850. The molecule has 6 atom stereocenters. The number of rotatable bonds is 13. The van der Waals surface area contributed by atoms with Crippen molar-refractivity contribution >= 4 is 0 Å². The zero-order valence-electron chi connectivity index (χ0n) is 26.5. The third-order valence-corrected chi connectivity index (χ3v) is 8.30. The third kappa shape index (κ3) is 7.82. The van der Waals surface area contributed by atoms with Gasteiger partial charge < -0.3 is 39.1 Å². The predicted octanol–water partition coefficient (Wildman–Crippen LogP) is 6.14. The molecule has 0 saturated carbocycles. The Balaban J connectivity index is 1.15. The molecule has 8 nitrogen and oxygen atoms in total. The van der Waals surface area contributed by atoms with Crippen LogP contribution in [0.15, 0.2) is 109 Å². The van der Waals surface area contributed by atoms with Gasteiger partial charge >= 0.3 is 0 Å². The van der Waals surface area contributed by atoms with Gasteiger partial charge in [-0.2, -0.15) is 0 Å². The highest BCUT2D eigenvalue weighted by molar-refractivity contribution is 5.41. The highest BCUT2D eigenvalue weighted by atomic mass is 16.6. The summed E-state index contributed by atoms with van der Waals surface area (Å²) in [6.07, 6.45) is -1.22. The molecule has 2 heterocycles. The molecule has 0 aromatic heterocycles. The van der Waals surface area contributed by atoms with Crippen LogP contribution in [0.2, 0.25) is 0 Å². The van der Waals surface area contributed by atoms with Crippen molar-refractivity contribution in [1.29, 1.82) is 0 Å². The second kappa shape index (κ2) is 16.0. The van der Waals surface area contributed by atoms with Crippen molar-refractivity contribution in [3.05, 3.63) is 120 Å². The highest BCUT2D eigenvalue weighted by Crippen LogP contribution is 2.36. The summed E-state index contributed by atoms with van der Waals surface area (Å²) >= 11 is 0. The number of ether oxygens (including phenoxy) is 6. The summed E-state index contributed by atoms with van der Waals surface area (Å²) in [5, 5.41) is 7.33. The predicted molar refractivity (Wildman–Crippen MR) is 178 cm³/mol. The first-order valence-electron chi connectivity index (χ1n) is 16.3. The first kappa shape index (κ1) is 31.9. The molecule has 2 fully saturated rings. The van der Waals surface area contributed by atoms with Crippen molar-refractivity contribution in [3.8, 4) is 23.0 Å². The molecule has 4 aromatic rings. The quantitative estimate of drug-likeness (QED) is 0.184. The Bertz CT molecular complexity index is 1480. The van der Waals surface area contributed by atoms with Gasteiger partial charge in [0.2, 0.25) is 0 Å². The molecule has 6 rings (SSSR count). The fraction of sp³-hybridized carbons (Fsp3) is 0.368. The summed E-state index contributed by atoms with van der Waals surface area (Å²) in [7, 11) is 0. The highest BCUT2D eigenvalue weighted by Gasteiger charge is 2.39. The van der Waals surface area contributed by atoms with Crippen molar-refractivity contribution in [1.82, 2.24) is 10.6 Å². The maximum absolute atomic E-state index is 6.81. The lowest BCUT2D eigenvalue weighted by molar-refractivity contribution is -0.131. The van der Waals surface area contributed by atoms with Gasteiger partial charge in [-0.05, 0) is 49.2 Å². The maximum Gasteiger partial charge on any atom is 0.162 e. The average Bonchev–Trinajstić information content (AvgIpc) is 3.12. The van der Waals surface area contributed by atoms with Crippen LogP contribution in [0.3, 0.4) is 0 Å². The first-order chi connectivity index (χ1) is 22.7. The van der Waals surface area contributed by atoms with Crippen LogP contribution in [-0.4, -0.2) is 63.8 Å². The first-order valence-corrected chi connectivity index (χ1v) is 16.3. The minimum Gasteiger partial charge on any atom is -0.490 e. The molecule has 2 aliphatic heterocycles. The number of nitrogens with one attached hydrogen (secondary N) is 2. The second-order valence-corrected chi connectivity index (χ2v) is 11.4. The summed E-state index contributed by atoms with van der Waals surface area (Å²) in [5.41, 5.74) is 2.09. The lowest BCUT2D eigenvalue weighted by Crippen LogP contribution is -2.60. The SMILES string of the molecule is CCOc1ccccc1OC(c1ccccc1)C1CNC(C2CNCC(C(Oc3ccccc3OCC)c3ccccc3)O2)CO1. The van der Waals surface area contributed by atoms with Gasteiger partial charge in [0, 0.05) is 19.6 Å². The molecule has 0 amide bonds. The van der Waals surface area contributed by atoms with Gasteiger partial charge in [-0.15, -0.1) is 0 Å². The van der Waals surface area contributed by atoms with Crippen LogP contribution in [0.5, 0.6) is 23.0 Å². The number of hydrogen-bond donors (Lipinski definition) is 2. The molecule has 242 valence electrons. The standard InChI is InChI=1S/C38H44N2O6/c1-3-41-30-19-11-13-21-32(30)45-37(27-15-7-5-8-16-27)35-25-40-29(26-43-35)34-23-39-24-36(44-34)38(28-17-9-6-10-18-28)46-33-22-14-12-20-31(33)42-4-2/h5-22,29,34-40H,3-4,23-26H2,1-2H3. The molecule has 2 aliphatic rings. The summed E-state index contributed by atoms with van der Waals surface area (Å²) in [4.78, 5) is 0. The Morgan fingerprint density at radius 1 is 0.609 bits per heavy atom. The fourth-order valence-electron chi connectivity index (χ4n) is 6.07. The smallest absolute Gasteiger partial charge is 0.162 e. The van der Waals surface area contributed by atoms with E-state index in [2.05, 4.69) is 34.9 Å². The van der Waals surface area contributed by atoms with E-state index in [1.165, 1.54) is 0 Å². The van der Waals surface area contributed by atoms with Crippen LogP contribution < -0.4 is 29.6 Å². The number of hydrogen-bond acceptors (Lipinski definition) is 8. The molecule has 0 bridgehead atoms. The molecule has 8 heteroatoms. The molecular formula is C38H44N2O6. The fourth-order valence-corrected chi connectivity index (χ4v) is 6.07. The van der Waals surface area contributed by atoms with Crippen LogP contribution in [-0.2, 0) is 9.47 Å². The Morgan fingerprint density at radius 2 is 1.11 bits per heavy atom. The van der Waals surface area contributed by atoms with E-state index in [-0.39, 0.29) is 36.6 Å². The second-order valence-electron chi connectivity index (χ2n) is 11.4.